The monoisotopic (exact) mass is 463 g/mol. The van der Waals surface area contributed by atoms with Crippen LogP contribution in [0.1, 0.15) is 32.1 Å². The van der Waals surface area contributed by atoms with Crippen molar-refractivity contribution >= 4 is 23.4 Å². The lowest BCUT2D eigenvalue weighted by molar-refractivity contribution is -0.113. The van der Waals surface area contributed by atoms with Crippen LogP contribution in [0.3, 0.4) is 0 Å². The molecule has 1 aliphatic carbocycles. The van der Waals surface area contributed by atoms with Crippen molar-refractivity contribution in [3.63, 3.8) is 0 Å². The SMILES string of the molecule is C=CCn1c(SCC(=O)Nc2ccc3c(c2)OC2(CCCCC2)O3)nnc1-c1cccnc1. The molecule has 1 N–H and O–H groups in total. The maximum Gasteiger partial charge on any atom is 0.251 e. The normalized spacial score (nSPS) is 16.0. The summed E-state index contributed by atoms with van der Waals surface area (Å²) in [6, 6.07) is 9.32. The Hall–Kier alpha value is -3.33. The van der Waals surface area contributed by atoms with E-state index in [0.717, 1.165) is 37.0 Å². The number of carbonyl (C=O) groups is 1. The molecule has 8 nitrogen and oxygen atoms in total. The molecule has 3 aromatic rings. The Morgan fingerprint density at radius 2 is 2.03 bits per heavy atom. The van der Waals surface area contributed by atoms with Gasteiger partial charge in [-0.05, 0) is 37.1 Å². The first-order chi connectivity index (χ1) is 16.2. The molecule has 0 saturated heterocycles. The largest absolute Gasteiger partial charge is 0.448 e. The van der Waals surface area contributed by atoms with E-state index in [9.17, 15) is 4.79 Å². The minimum absolute atomic E-state index is 0.137. The summed E-state index contributed by atoms with van der Waals surface area (Å²) in [4.78, 5) is 16.8. The number of hydrogen-bond donors (Lipinski definition) is 1. The van der Waals surface area contributed by atoms with E-state index in [0.29, 0.717) is 29.0 Å². The first kappa shape index (κ1) is 21.5. The van der Waals surface area contributed by atoms with Gasteiger partial charge in [0.15, 0.2) is 22.5 Å². The van der Waals surface area contributed by atoms with Crippen molar-refractivity contribution in [1.82, 2.24) is 19.7 Å². The standard InChI is InChI=1S/C24H25N5O3S/c1-2-13-29-22(17-7-6-12-25-15-17)27-28-23(29)33-16-21(30)26-18-8-9-19-20(14-18)32-24(31-19)10-4-3-5-11-24/h2,6-9,12,14-15H,1,3-5,10-11,13,16H2,(H,26,30). The molecule has 5 rings (SSSR count). The van der Waals surface area contributed by atoms with Crippen LogP contribution in [0.4, 0.5) is 5.69 Å². The van der Waals surface area contributed by atoms with Crippen molar-refractivity contribution in [3.05, 3.63) is 55.4 Å². The summed E-state index contributed by atoms with van der Waals surface area (Å²) in [5, 5.41) is 12.1. The van der Waals surface area contributed by atoms with Gasteiger partial charge in [-0.25, -0.2) is 0 Å². The van der Waals surface area contributed by atoms with Crippen molar-refractivity contribution in [2.24, 2.45) is 0 Å². The van der Waals surface area contributed by atoms with E-state index in [1.807, 2.05) is 34.9 Å². The predicted octanol–water partition coefficient (Wildman–Crippen LogP) is 4.69. The molecule has 1 amide bonds. The van der Waals surface area contributed by atoms with Crippen LogP contribution in [0.2, 0.25) is 0 Å². The fraction of sp³-hybridized carbons (Fsp3) is 0.333. The Morgan fingerprint density at radius 3 is 2.82 bits per heavy atom. The molecule has 9 heteroatoms. The van der Waals surface area contributed by atoms with Gasteiger partial charge in [-0.15, -0.1) is 16.8 Å². The first-order valence-corrected chi connectivity index (χ1v) is 12.0. The number of anilines is 1. The van der Waals surface area contributed by atoms with Gasteiger partial charge in [-0.2, -0.15) is 0 Å². The van der Waals surface area contributed by atoms with Gasteiger partial charge in [0, 0.05) is 49.1 Å². The maximum atomic E-state index is 12.6. The Labute approximate surface area is 196 Å². The summed E-state index contributed by atoms with van der Waals surface area (Å²) in [6.45, 7) is 4.35. The highest BCUT2D eigenvalue weighted by molar-refractivity contribution is 7.99. The smallest absolute Gasteiger partial charge is 0.251 e. The number of rotatable bonds is 7. The summed E-state index contributed by atoms with van der Waals surface area (Å²) in [5.74, 6) is 1.65. The zero-order chi connectivity index (χ0) is 22.7. The van der Waals surface area contributed by atoms with Crippen LogP contribution in [-0.2, 0) is 11.3 Å². The Morgan fingerprint density at radius 1 is 1.18 bits per heavy atom. The number of pyridine rings is 1. The third-order valence-electron chi connectivity index (χ3n) is 5.72. The lowest BCUT2D eigenvalue weighted by Crippen LogP contribution is -2.40. The van der Waals surface area contributed by atoms with E-state index < -0.39 is 5.79 Å². The van der Waals surface area contributed by atoms with Crippen molar-refractivity contribution < 1.29 is 14.3 Å². The Bertz CT molecular complexity index is 1160. The van der Waals surface area contributed by atoms with Crippen LogP contribution in [-0.4, -0.2) is 37.2 Å². The summed E-state index contributed by atoms with van der Waals surface area (Å²) in [5.41, 5.74) is 1.54. The van der Waals surface area contributed by atoms with Crippen LogP contribution >= 0.6 is 11.8 Å². The van der Waals surface area contributed by atoms with Crippen LogP contribution in [0, 0.1) is 0 Å². The third-order valence-corrected chi connectivity index (χ3v) is 6.68. The van der Waals surface area contributed by atoms with Crippen LogP contribution in [0.5, 0.6) is 11.5 Å². The lowest BCUT2D eigenvalue weighted by atomic mass is 9.94. The molecule has 0 unspecified atom stereocenters. The lowest BCUT2D eigenvalue weighted by Gasteiger charge is -2.31. The molecule has 0 atom stereocenters. The number of amides is 1. The average Bonchev–Trinajstić information content (AvgIpc) is 3.39. The molecular formula is C24H25N5O3S. The number of fused-ring (bicyclic) bond motifs is 1. The van der Waals surface area contributed by atoms with Crippen molar-refractivity contribution in [1.29, 1.82) is 0 Å². The number of allylic oxidation sites excluding steroid dienone is 1. The molecule has 1 saturated carbocycles. The minimum atomic E-state index is -0.528. The van der Waals surface area contributed by atoms with Gasteiger partial charge in [-0.3, -0.25) is 14.3 Å². The topological polar surface area (TPSA) is 91.2 Å². The fourth-order valence-electron chi connectivity index (χ4n) is 4.19. The number of aromatic nitrogens is 4. The number of hydrogen-bond acceptors (Lipinski definition) is 7. The molecule has 3 heterocycles. The van der Waals surface area contributed by atoms with Gasteiger partial charge in [-0.1, -0.05) is 24.3 Å². The highest BCUT2D eigenvalue weighted by Gasteiger charge is 2.42. The second-order valence-electron chi connectivity index (χ2n) is 8.12. The summed E-state index contributed by atoms with van der Waals surface area (Å²) < 4.78 is 14.2. The van der Waals surface area contributed by atoms with Gasteiger partial charge in [0.25, 0.3) is 5.79 Å². The molecular weight excluding hydrogens is 438 g/mol. The number of nitrogens with zero attached hydrogens (tertiary/aromatic N) is 4. The van der Waals surface area contributed by atoms with Crippen molar-refractivity contribution in [3.8, 4) is 22.9 Å². The van der Waals surface area contributed by atoms with Gasteiger partial charge < -0.3 is 14.8 Å². The molecule has 33 heavy (non-hydrogen) atoms. The maximum absolute atomic E-state index is 12.6. The second kappa shape index (κ2) is 9.27. The zero-order valence-corrected chi connectivity index (χ0v) is 19.0. The molecule has 2 aromatic heterocycles. The van der Waals surface area contributed by atoms with Gasteiger partial charge in [0.05, 0.1) is 5.75 Å². The summed E-state index contributed by atoms with van der Waals surface area (Å²) in [6.07, 6.45) is 10.4. The molecule has 170 valence electrons. The molecule has 1 spiro atoms. The van der Waals surface area contributed by atoms with Crippen molar-refractivity contribution in [2.45, 2.75) is 49.6 Å². The molecule has 0 bridgehead atoms. The van der Waals surface area contributed by atoms with Crippen LogP contribution < -0.4 is 14.8 Å². The Balaban J connectivity index is 1.23. The summed E-state index contributed by atoms with van der Waals surface area (Å²) in [7, 11) is 0. The highest BCUT2D eigenvalue weighted by Crippen LogP contribution is 2.46. The predicted molar refractivity (Wildman–Crippen MR) is 126 cm³/mol. The van der Waals surface area contributed by atoms with Crippen LogP contribution in [0.25, 0.3) is 11.4 Å². The van der Waals surface area contributed by atoms with E-state index in [2.05, 4.69) is 27.1 Å². The third kappa shape index (κ3) is 4.59. The number of nitrogens with one attached hydrogen (secondary N) is 1. The second-order valence-corrected chi connectivity index (χ2v) is 9.06. The fourth-order valence-corrected chi connectivity index (χ4v) is 4.94. The summed E-state index contributed by atoms with van der Waals surface area (Å²) >= 11 is 1.33. The highest BCUT2D eigenvalue weighted by atomic mass is 32.2. The van der Waals surface area contributed by atoms with Crippen molar-refractivity contribution in [2.75, 3.05) is 11.1 Å². The molecule has 1 aromatic carbocycles. The average molecular weight is 464 g/mol. The minimum Gasteiger partial charge on any atom is -0.448 e. The Kier molecular flexibility index (Phi) is 6.04. The zero-order valence-electron chi connectivity index (χ0n) is 18.2. The van der Waals surface area contributed by atoms with Gasteiger partial charge >= 0.3 is 0 Å². The van der Waals surface area contributed by atoms with E-state index in [1.54, 1.807) is 18.5 Å². The number of carbonyl (C=O) groups excluding carboxylic acids is 1. The van der Waals surface area contributed by atoms with Gasteiger partial charge in [0.2, 0.25) is 5.91 Å². The molecule has 1 aliphatic heterocycles. The van der Waals surface area contributed by atoms with E-state index in [4.69, 9.17) is 9.47 Å². The number of thioether (sulfide) groups is 1. The van der Waals surface area contributed by atoms with E-state index in [-0.39, 0.29) is 11.7 Å². The number of ether oxygens (including phenoxy) is 2. The van der Waals surface area contributed by atoms with Crippen LogP contribution in [0.15, 0.2) is 60.5 Å². The quantitative estimate of drug-likeness (QED) is 0.401. The van der Waals surface area contributed by atoms with Gasteiger partial charge in [0.1, 0.15) is 0 Å². The van der Waals surface area contributed by atoms with E-state index >= 15 is 0 Å². The van der Waals surface area contributed by atoms with E-state index in [1.165, 1.54) is 18.2 Å². The molecule has 1 fully saturated rings. The first-order valence-electron chi connectivity index (χ1n) is 11.0. The number of benzene rings is 1. The molecule has 2 aliphatic rings. The molecule has 0 radical (unpaired) electrons.